The van der Waals surface area contributed by atoms with Crippen LogP contribution in [-0.2, 0) is 6.42 Å². The summed E-state index contributed by atoms with van der Waals surface area (Å²) in [6.07, 6.45) is 10.4. The third kappa shape index (κ3) is 2.11. The molecule has 0 amide bonds. The molecule has 3 aromatic rings. The highest BCUT2D eigenvalue weighted by Gasteiger charge is 2.04. The van der Waals surface area contributed by atoms with Crippen molar-refractivity contribution in [3.8, 4) is 0 Å². The molecule has 2 heterocycles. The Morgan fingerprint density at radius 2 is 2.22 bits per heavy atom. The van der Waals surface area contributed by atoms with E-state index >= 15 is 0 Å². The number of aromatic nitrogens is 3. The zero-order valence-corrected chi connectivity index (χ0v) is 10.9. The Hall–Kier alpha value is -1.81. The van der Waals surface area contributed by atoms with Crippen LogP contribution in [0.1, 0.15) is 11.3 Å². The first-order valence-electron chi connectivity index (χ1n) is 5.76. The highest BCUT2D eigenvalue weighted by Crippen LogP contribution is 2.18. The fraction of sp³-hybridized carbons (Fsp3) is 0.143. The van der Waals surface area contributed by atoms with Crippen LogP contribution < -0.4 is 0 Å². The van der Waals surface area contributed by atoms with E-state index in [-0.39, 0.29) is 0 Å². The Morgan fingerprint density at radius 3 is 3.11 bits per heavy atom. The van der Waals surface area contributed by atoms with Gasteiger partial charge in [-0.15, -0.1) is 11.8 Å². The molecule has 90 valence electrons. The van der Waals surface area contributed by atoms with Crippen LogP contribution in [0.3, 0.4) is 0 Å². The molecule has 1 aromatic carbocycles. The molecule has 4 heteroatoms. The molecule has 0 atom stereocenters. The highest BCUT2D eigenvalue weighted by atomic mass is 32.2. The van der Waals surface area contributed by atoms with Crippen molar-refractivity contribution in [2.75, 3.05) is 6.26 Å². The molecule has 0 fully saturated rings. The number of imidazole rings is 1. The minimum atomic E-state index is 0.888. The minimum Gasteiger partial charge on any atom is -0.301 e. The molecule has 0 aliphatic heterocycles. The van der Waals surface area contributed by atoms with Gasteiger partial charge in [-0.05, 0) is 24.0 Å². The Balaban J connectivity index is 1.96. The van der Waals surface area contributed by atoms with E-state index in [0.717, 1.165) is 12.1 Å². The summed E-state index contributed by atoms with van der Waals surface area (Å²) in [5, 5.41) is 0. The summed E-state index contributed by atoms with van der Waals surface area (Å²) in [7, 11) is 0. The van der Waals surface area contributed by atoms with E-state index < -0.39 is 0 Å². The Morgan fingerprint density at radius 1 is 1.28 bits per heavy atom. The fourth-order valence-electron chi connectivity index (χ4n) is 2.02. The third-order valence-corrected chi connectivity index (χ3v) is 3.64. The van der Waals surface area contributed by atoms with Crippen LogP contribution in [0.5, 0.6) is 0 Å². The first kappa shape index (κ1) is 11.3. The number of hydrogen-bond acceptors (Lipinski definition) is 3. The monoisotopic (exact) mass is 255 g/mol. The molecule has 0 saturated carbocycles. The molecule has 3 rings (SSSR count). The topological polar surface area (TPSA) is 30.2 Å². The second-order valence-corrected chi connectivity index (χ2v) is 4.96. The lowest BCUT2D eigenvalue weighted by atomic mass is 10.1. The average molecular weight is 255 g/mol. The first-order chi connectivity index (χ1) is 8.86. The smallest absolute Gasteiger partial charge is 0.155 e. The molecule has 18 heavy (non-hydrogen) atoms. The van der Waals surface area contributed by atoms with Gasteiger partial charge in [0, 0.05) is 35.6 Å². The van der Waals surface area contributed by atoms with E-state index in [2.05, 4.69) is 44.9 Å². The summed E-state index contributed by atoms with van der Waals surface area (Å²) in [4.78, 5) is 9.72. The van der Waals surface area contributed by atoms with E-state index in [9.17, 15) is 0 Å². The second kappa shape index (κ2) is 4.82. The van der Waals surface area contributed by atoms with Crippen molar-refractivity contribution in [1.82, 2.24) is 14.4 Å². The van der Waals surface area contributed by atoms with E-state index in [1.807, 2.05) is 12.4 Å². The van der Waals surface area contributed by atoms with Crippen LogP contribution in [0.25, 0.3) is 5.65 Å². The highest BCUT2D eigenvalue weighted by molar-refractivity contribution is 7.98. The number of benzene rings is 1. The molecule has 0 aliphatic rings. The van der Waals surface area contributed by atoms with E-state index in [1.165, 1.54) is 16.2 Å². The van der Waals surface area contributed by atoms with Crippen molar-refractivity contribution in [3.05, 3.63) is 60.3 Å². The molecule has 0 N–H and O–H groups in total. The largest absolute Gasteiger partial charge is 0.301 e. The van der Waals surface area contributed by atoms with Crippen molar-refractivity contribution < 1.29 is 0 Å². The quantitative estimate of drug-likeness (QED) is 0.674. The normalized spacial score (nSPS) is 10.9. The molecule has 0 aliphatic carbocycles. The summed E-state index contributed by atoms with van der Waals surface area (Å²) < 4.78 is 2.08. The van der Waals surface area contributed by atoms with Gasteiger partial charge in [-0.1, -0.05) is 12.1 Å². The molecule has 0 saturated heterocycles. The van der Waals surface area contributed by atoms with E-state index in [4.69, 9.17) is 0 Å². The van der Waals surface area contributed by atoms with Gasteiger partial charge < -0.3 is 4.40 Å². The number of hydrogen-bond donors (Lipinski definition) is 0. The van der Waals surface area contributed by atoms with Crippen molar-refractivity contribution >= 4 is 17.4 Å². The zero-order chi connectivity index (χ0) is 12.4. The predicted molar refractivity (Wildman–Crippen MR) is 74.0 cm³/mol. The first-order valence-corrected chi connectivity index (χ1v) is 6.98. The van der Waals surface area contributed by atoms with Gasteiger partial charge in [0.15, 0.2) is 5.65 Å². The Labute approximate surface area is 110 Å². The maximum Gasteiger partial charge on any atom is 0.155 e. The van der Waals surface area contributed by atoms with Gasteiger partial charge in [0.05, 0.1) is 6.20 Å². The maximum absolute atomic E-state index is 4.35. The van der Waals surface area contributed by atoms with Crippen molar-refractivity contribution in [2.24, 2.45) is 0 Å². The summed E-state index contributed by atoms with van der Waals surface area (Å²) in [5.41, 5.74) is 3.39. The number of fused-ring (bicyclic) bond motifs is 1. The Bertz CT molecular complexity index is 675. The molecule has 0 spiro atoms. The van der Waals surface area contributed by atoms with Crippen molar-refractivity contribution in [3.63, 3.8) is 0 Å². The van der Waals surface area contributed by atoms with Gasteiger partial charge in [-0.2, -0.15) is 0 Å². The van der Waals surface area contributed by atoms with E-state index in [1.54, 1.807) is 24.2 Å². The van der Waals surface area contributed by atoms with Gasteiger partial charge in [0.1, 0.15) is 0 Å². The third-order valence-electron chi connectivity index (χ3n) is 2.91. The average Bonchev–Trinajstić information content (AvgIpc) is 2.83. The lowest BCUT2D eigenvalue weighted by molar-refractivity contribution is 1.01. The van der Waals surface area contributed by atoms with Crippen LogP contribution in [-0.4, -0.2) is 20.6 Å². The van der Waals surface area contributed by atoms with Gasteiger partial charge in [0.2, 0.25) is 0 Å². The predicted octanol–water partition coefficient (Wildman–Crippen LogP) is 3.04. The van der Waals surface area contributed by atoms with Crippen LogP contribution in [0, 0.1) is 0 Å². The minimum absolute atomic E-state index is 0.888. The summed E-state index contributed by atoms with van der Waals surface area (Å²) in [6, 6.07) is 8.62. The van der Waals surface area contributed by atoms with Crippen LogP contribution >= 0.6 is 11.8 Å². The van der Waals surface area contributed by atoms with Crippen LogP contribution in [0.2, 0.25) is 0 Å². The van der Waals surface area contributed by atoms with Crippen LogP contribution in [0.4, 0.5) is 0 Å². The zero-order valence-electron chi connectivity index (χ0n) is 10.1. The summed E-state index contributed by atoms with van der Waals surface area (Å²) in [5.74, 6) is 0. The molecule has 2 aromatic heterocycles. The second-order valence-electron chi connectivity index (χ2n) is 4.08. The van der Waals surface area contributed by atoms with Gasteiger partial charge in [0.25, 0.3) is 0 Å². The lowest BCUT2D eigenvalue weighted by Crippen LogP contribution is -1.94. The van der Waals surface area contributed by atoms with Crippen molar-refractivity contribution in [2.45, 2.75) is 11.3 Å². The van der Waals surface area contributed by atoms with Crippen molar-refractivity contribution in [1.29, 1.82) is 0 Å². The molecule has 0 radical (unpaired) electrons. The molecule has 0 bridgehead atoms. The lowest BCUT2D eigenvalue weighted by Gasteiger charge is -2.03. The molecular weight excluding hydrogens is 242 g/mol. The molecule has 3 nitrogen and oxygen atoms in total. The van der Waals surface area contributed by atoms with E-state index in [0.29, 0.717) is 0 Å². The number of rotatable bonds is 3. The molecular formula is C14H13N3S. The standard InChI is InChI=1S/C14H13N3S/c1-18-13-4-2-3-11(8-13)7-12-9-16-14-10-15-5-6-17(12)14/h2-6,8-10H,7H2,1H3. The van der Waals surface area contributed by atoms with Crippen LogP contribution in [0.15, 0.2) is 53.9 Å². The number of thioether (sulfide) groups is 1. The number of nitrogens with zero attached hydrogens (tertiary/aromatic N) is 3. The summed E-state index contributed by atoms with van der Waals surface area (Å²) in [6.45, 7) is 0. The Kier molecular flexibility index (Phi) is 3.02. The summed E-state index contributed by atoms with van der Waals surface area (Å²) >= 11 is 1.77. The maximum atomic E-state index is 4.35. The SMILES string of the molecule is CSc1cccc(Cc2cnc3cnccn23)c1. The van der Waals surface area contributed by atoms with Gasteiger partial charge in [-0.3, -0.25) is 4.98 Å². The molecule has 0 unspecified atom stereocenters. The van der Waals surface area contributed by atoms with Gasteiger partial charge >= 0.3 is 0 Å². The fourth-order valence-corrected chi connectivity index (χ4v) is 2.50. The van der Waals surface area contributed by atoms with Gasteiger partial charge in [-0.25, -0.2) is 4.98 Å².